The van der Waals surface area contributed by atoms with Gasteiger partial charge in [-0.15, -0.1) is 0 Å². The van der Waals surface area contributed by atoms with Crippen LogP contribution in [0.3, 0.4) is 0 Å². The number of para-hydroxylation sites is 2. The quantitative estimate of drug-likeness (QED) is 0.406. The number of nitrogens with zero attached hydrogens (tertiary/aromatic N) is 2. The third-order valence-electron chi connectivity index (χ3n) is 4.33. The normalized spacial score (nSPS) is 12.2. The Balaban J connectivity index is 1.66. The molecule has 0 saturated heterocycles. The monoisotopic (exact) mass is 314 g/mol. The van der Waals surface area contributed by atoms with Gasteiger partial charge in [-0.05, 0) is 26.0 Å². The molecule has 0 radical (unpaired) electrons. The molecule has 0 aliphatic rings. The van der Waals surface area contributed by atoms with E-state index in [9.17, 15) is 0 Å². The van der Waals surface area contributed by atoms with E-state index < -0.39 is 0 Å². The second-order valence-electron chi connectivity index (χ2n) is 5.91. The smallest absolute Gasteiger partial charge is 0.0592 e. The SMILES string of the molecule is Cc1[nH]c2ccccc2c1C=NN=Cc1c(C)[nH]c2ccccc12. The second kappa shape index (κ2) is 5.81. The van der Waals surface area contributed by atoms with Crippen LogP contribution in [0.1, 0.15) is 22.5 Å². The van der Waals surface area contributed by atoms with E-state index in [4.69, 9.17) is 0 Å². The van der Waals surface area contributed by atoms with Gasteiger partial charge in [0.2, 0.25) is 0 Å². The number of hydrogen-bond acceptors (Lipinski definition) is 2. The molecule has 2 N–H and O–H groups in total. The van der Waals surface area contributed by atoms with Crippen molar-refractivity contribution in [2.45, 2.75) is 13.8 Å². The van der Waals surface area contributed by atoms with Crippen LogP contribution in [0.25, 0.3) is 21.8 Å². The van der Waals surface area contributed by atoms with Crippen LogP contribution >= 0.6 is 0 Å². The molecule has 2 heterocycles. The summed E-state index contributed by atoms with van der Waals surface area (Å²) in [5, 5.41) is 10.8. The van der Waals surface area contributed by atoms with Crippen molar-refractivity contribution in [2.24, 2.45) is 10.2 Å². The molecule has 4 rings (SSSR count). The summed E-state index contributed by atoms with van der Waals surface area (Å²) in [6, 6.07) is 16.4. The van der Waals surface area contributed by atoms with Crippen LogP contribution in [0.5, 0.6) is 0 Å². The van der Waals surface area contributed by atoms with Crippen molar-refractivity contribution in [3.63, 3.8) is 0 Å². The zero-order valence-corrected chi connectivity index (χ0v) is 13.7. The number of benzene rings is 2. The molecule has 0 fully saturated rings. The third-order valence-corrected chi connectivity index (χ3v) is 4.33. The first-order valence-electron chi connectivity index (χ1n) is 7.95. The van der Waals surface area contributed by atoms with Crippen molar-refractivity contribution < 1.29 is 0 Å². The van der Waals surface area contributed by atoms with E-state index >= 15 is 0 Å². The second-order valence-corrected chi connectivity index (χ2v) is 5.91. The first-order chi connectivity index (χ1) is 11.7. The first-order valence-corrected chi connectivity index (χ1v) is 7.95. The Hall–Kier alpha value is -3.14. The van der Waals surface area contributed by atoms with Crippen LogP contribution in [0.4, 0.5) is 0 Å². The Bertz CT molecular complexity index is 992. The van der Waals surface area contributed by atoms with Crippen molar-refractivity contribution in [2.75, 3.05) is 0 Å². The molecule has 0 bridgehead atoms. The molecule has 4 nitrogen and oxygen atoms in total. The minimum absolute atomic E-state index is 1.08. The van der Waals surface area contributed by atoms with Gasteiger partial charge in [0.05, 0.1) is 12.4 Å². The van der Waals surface area contributed by atoms with Crippen molar-refractivity contribution in [1.82, 2.24) is 9.97 Å². The summed E-state index contributed by atoms with van der Waals surface area (Å²) in [6.07, 6.45) is 3.63. The summed E-state index contributed by atoms with van der Waals surface area (Å²) >= 11 is 0. The van der Waals surface area contributed by atoms with E-state index in [0.717, 1.165) is 44.3 Å². The Morgan fingerprint density at radius 2 is 1.08 bits per heavy atom. The number of nitrogens with one attached hydrogen (secondary N) is 2. The molecule has 0 aliphatic carbocycles. The summed E-state index contributed by atoms with van der Waals surface area (Å²) < 4.78 is 0. The van der Waals surface area contributed by atoms with E-state index in [2.05, 4.69) is 58.3 Å². The van der Waals surface area contributed by atoms with Crippen molar-refractivity contribution >= 4 is 34.2 Å². The fraction of sp³-hybridized carbons (Fsp3) is 0.100. The topological polar surface area (TPSA) is 56.3 Å². The summed E-state index contributed by atoms with van der Waals surface area (Å²) in [4.78, 5) is 6.73. The van der Waals surface area contributed by atoms with Gasteiger partial charge in [0.15, 0.2) is 0 Å². The molecule has 118 valence electrons. The lowest BCUT2D eigenvalue weighted by Gasteiger charge is -1.92. The fourth-order valence-corrected chi connectivity index (χ4v) is 3.11. The molecule has 0 amide bonds. The predicted molar refractivity (Wildman–Crippen MR) is 101 cm³/mol. The highest BCUT2D eigenvalue weighted by atomic mass is 15.2. The molecule has 2 aromatic heterocycles. The highest BCUT2D eigenvalue weighted by Gasteiger charge is 2.06. The number of aromatic amines is 2. The van der Waals surface area contributed by atoms with Gasteiger partial charge >= 0.3 is 0 Å². The Morgan fingerprint density at radius 1 is 0.667 bits per heavy atom. The van der Waals surface area contributed by atoms with Gasteiger partial charge in [0, 0.05) is 44.3 Å². The zero-order valence-electron chi connectivity index (χ0n) is 13.7. The van der Waals surface area contributed by atoms with Crippen LogP contribution in [-0.2, 0) is 0 Å². The lowest BCUT2D eigenvalue weighted by Crippen LogP contribution is -1.84. The fourth-order valence-electron chi connectivity index (χ4n) is 3.11. The maximum absolute atomic E-state index is 4.26. The van der Waals surface area contributed by atoms with Crippen LogP contribution in [-0.4, -0.2) is 22.4 Å². The van der Waals surface area contributed by atoms with Crippen molar-refractivity contribution in [3.05, 3.63) is 71.0 Å². The van der Waals surface area contributed by atoms with Gasteiger partial charge in [-0.25, -0.2) is 0 Å². The number of aryl methyl sites for hydroxylation is 2. The Kier molecular flexibility index (Phi) is 3.50. The zero-order chi connectivity index (χ0) is 16.5. The van der Waals surface area contributed by atoms with Gasteiger partial charge in [0.1, 0.15) is 0 Å². The summed E-state index contributed by atoms with van der Waals surface area (Å²) in [7, 11) is 0. The summed E-state index contributed by atoms with van der Waals surface area (Å²) in [5.41, 5.74) is 6.59. The van der Waals surface area contributed by atoms with Crippen LogP contribution in [0.2, 0.25) is 0 Å². The molecule has 0 unspecified atom stereocenters. The molecule has 0 atom stereocenters. The van der Waals surface area contributed by atoms with Crippen LogP contribution in [0, 0.1) is 13.8 Å². The number of aromatic nitrogens is 2. The maximum Gasteiger partial charge on any atom is 0.0592 e. The van der Waals surface area contributed by atoms with Crippen molar-refractivity contribution in [3.8, 4) is 0 Å². The summed E-state index contributed by atoms with van der Waals surface area (Å²) in [6.45, 7) is 4.10. The third kappa shape index (κ3) is 2.42. The number of H-pyrrole nitrogens is 2. The van der Waals surface area contributed by atoms with Crippen molar-refractivity contribution in [1.29, 1.82) is 0 Å². The molecule has 24 heavy (non-hydrogen) atoms. The average Bonchev–Trinajstić information content (AvgIpc) is 3.08. The molecule has 2 aromatic carbocycles. The van der Waals surface area contributed by atoms with E-state index in [1.165, 1.54) is 0 Å². The molecular formula is C20H18N4. The van der Waals surface area contributed by atoms with Crippen LogP contribution < -0.4 is 0 Å². The van der Waals surface area contributed by atoms with Gasteiger partial charge in [-0.3, -0.25) is 0 Å². The number of hydrogen-bond donors (Lipinski definition) is 2. The lowest BCUT2D eigenvalue weighted by atomic mass is 10.1. The van der Waals surface area contributed by atoms with Gasteiger partial charge in [-0.2, -0.15) is 10.2 Å². The predicted octanol–water partition coefficient (Wildman–Crippen LogP) is 4.72. The number of fused-ring (bicyclic) bond motifs is 2. The molecule has 4 heteroatoms. The molecule has 0 saturated carbocycles. The van der Waals surface area contributed by atoms with Crippen LogP contribution in [0.15, 0.2) is 58.7 Å². The van der Waals surface area contributed by atoms with Gasteiger partial charge in [0.25, 0.3) is 0 Å². The largest absolute Gasteiger partial charge is 0.358 e. The minimum atomic E-state index is 1.08. The molecular weight excluding hydrogens is 296 g/mol. The van der Waals surface area contributed by atoms with Gasteiger partial charge < -0.3 is 9.97 Å². The van der Waals surface area contributed by atoms with E-state index in [-0.39, 0.29) is 0 Å². The Labute approximate surface area is 139 Å². The summed E-state index contributed by atoms with van der Waals surface area (Å²) in [5.74, 6) is 0. The molecule has 0 spiro atoms. The molecule has 0 aliphatic heterocycles. The maximum atomic E-state index is 4.26. The highest BCUT2D eigenvalue weighted by Crippen LogP contribution is 2.21. The average molecular weight is 314 g/mol. The molecule has 4 aromatic rings. The van der Waals surface area contributed by atoms with E-state index in [1.54, 1.807) is 0 Å². The first kappa shape index (κ1) is 14.5. The lowest BCUT2D eigenvalue weighted by molar-refractivity contribution is 1.24. The Morgan fingerprint density at radius 3 is 1.54 bits per heavy atom. The number of rotatable bonds is 3. The van der Waals surface area contributed by atoms with E-state index in [0.29, 0.717) is 0 Å². The minimum Gasteiger partial charge on any atom is -0.358 e. The van der Waals surface area contributed by atoms with E-state index in [1.807, 2.05) is 36.7 Å². The van der Waals surface area contributed by atoms with Gasteiger partial charge in [-0.1, -0.05) is 36.4 Å². The standard InChI is InChI=1S/C20H18N4/c1-13-17(15-7-3-5-9-19(15)23-13)11-21-22-12-18-14(2)24-20-10-6-4-8-16(18)20/h3-12,23-24H,1-2H3. The highest BCUT2D eigenvalue weighted by molar-refractivity contribution is 6.02.